The van der Waals surface area contributed by atoms with E-state index in [9.17, 15) is 9.18 Å². The zero-order chi connectivity index (χ0) is 21.3. The first-order valence-electron chi connectivity index (χ1n) is 10.2. The van der Waals surface area contributed by atoms with Crippen LogP contribution in [0.3, 0.4) is 0 Å². The minimum Gasteiger partial charge on any atom is -0.491 e. The van der Waals surface area contributed by atoms with Crippen molar-refractivity contribution in [3.63, 3.8) is 0 Å². The zero-order valence-electron chi connectivity index (χ0n) is 17.0. The molecule has 7 heteroatoms. The van der Waals surface area contributed by atoms with Gasteiger partial charge in [0.15, 0.2) is 6.29 Å². The van der Waals surface area contributed by atoms with Gasteiger partial charge in [0.05, 0.1) is 12.2 Å². The van der Waals surface area contributed by atoms with Gasteiger partial charge in [0, 0.05) is 18.5 Å². The van der Waals surface area contributed by atoms with Crippen LogP contribution in [0.2, 0.25) is 0 Å². The lowest BCUT2D eigenvalue weighted by Gasteiger charge is -2.32. The minimum atomic E-state index is -0.354. The van der Waals surface area contributed by atoms with Crippen LogP contribution >= 0.6 is 11.6 Å². The zero-order valence-corrected chi connectivity index (χ0v) is 17.7. The highest BCUT2D eigenvalue weighted by molar-refractivity contribution is 6.17. The molecule has 3 atom stereocenters. The van der Waals surface area contributed by atoms with Gasteiger partial charge in [-0.25, -0.2) is 4.39 Å². The van der Waals surface area contributed by atoms with Crippen LogP contribution in [0.4, 0.5) is 10.1 Å². The predicted octanol–water partition coefficient (Wildman–Crippen LogP) is 5.44. The van der Waals surface area contributed by atoms with Crippen molar-refractivity contribution in [2.45, 2.75) is 51.1 Å². The Bertz CT molecular complexity index is 800. The number of carbonyl (C=O) groups is 1. The van der Waals surface area contributed by atoms with Crippen molar-refractivity contribution in [2.75, 3.05) is 17.8 Å². The van der Waals surface area contributed by atoms with Crippen molar-refractivity contribution in [2.24, 2.45) is 0 Å². The molecule has 2 aromatic rings. The van der Waals surface area contributed by atoms with Gasteiger partial charge in [0.1, 0.15) is 18.2 Å². The summed E-state index contributed by atoms with van der Waals surface area (Å²) in [6, 6.07) is 13.5. The summed E-state index contributed by atoms with van der Waals surface area (Å²) in [6.07, 6.45) is 2.60. The lowest BCUT2D eigenvalue weighted by molar-refractivity contribution is -0.221. The first-order valence-corrected chi connectivity index (χ1v) is 10.7. The topological polar surface area (TPSA) is 56.8 Å². The molecule has 30 heavy (non-hydrogen) atoms. The highest BCUT2D eigenvalue weighted by Gasteiger charge is 2.26. The molecule has 3 rings (SSSR count). The van der Waals surface area contributed by atoms with Gasteiger partial charge < -0.3 is 19.5 Å². The molecular weight excluding hydrogens is 409 g/mol. The molecule has 1 aliphatic heterocycles. The number of alkyl halides is 1. The molecule has 1 amide bonds. The molecule has 5 nitrogen and oxygen atoms in total. The Morgan fingerprint density at radius 2 is 1.93 bits per heavy atom. The Kier molecular flexibility index (Phi) is 8.49. The smallest absolute Gasteiger partial charge is 0.221 e. The van der Waals surface area contributed by atoms with Crippen molar-refractivity contribution in [3.05, 3.63) is 59.9 Å². The van der Waals surface area contributed by atoms with Crippen LogP contribution in [0.15, 0.2) is 48.5 Å². The molecule has 0 aliphatic carbocycles. The molecule has 0 spiro atoms. The molecule has 1 N–H and O–H groups in total. The SMILES string of the molecule is CC(=O)Nc1ccc(OCC2CCCC(OC(CCCl)c3ccc(F)cc3)O2)cc1. The maximum atomic E-state index is 13.2. The molecule has 0 radical (unpaired) electrons. The largest absolute Gasteiger partial charge is 0.491 e. The first-order chi connectivity index (χ1) is 14.5. The fourth-order valence-corrected chi connectivity index (χ4v) is 3.58. The van der Waals surface area contributed by atoms with Gasteiger partial charge in [-0.1, -0.05) is 12.1 Å². The van der Waals surface area contributed by atoms with Crippen molar-refractivity contribution >= 4 is 23.2 Å². The van der Waals surface area contributed by atoms with Crippen molar-refractivity contribution in [1.29, 1.82) is 0 Å². The number of ether oxygens (including phenoxy) is 3. The van der Waals surface area contributed by atoms with Gasteiger partial charge in [0.25, 0.3) is 0 Å². The maximum absolute atomic E-state index is 13.2. The van der Waals surface area contributed by atoms with Crippen molar-refractivity contribution in [3.8, 4) is 5.75 Å². The number of anilines is 1. The summed E-state index contributed by atoms with van der Waals surface area (Å²) < 4.78 is 31.3. The van der Waals surface area contributed by atoms with E-state index in [4.69, 9.17) is 25.8 Å². The second kappa shape index (κ2) is 11.3. The highest BCUT2D eigenvalue weighted by atomic mass is 35.5. The average Bonchev–Trinajstić information content (AvgIpc) is 2.73. The van der Waals surface area contributed by atoms with E-state index in [1.807, 2.05) is 12.1 Å². The van der Waals surface area contributed by atoms with Crippen LogP contribution in [0.1, 0.15) is 44.3 Å². The van der Waals surface area contributed by atoms with Gasteiger partial charge in [-0.05, 0) is 67.6 Å². The quantitative estimate of drug-likeness (QED) is 0.532. The molecule has 1 heterocycles. The van der Waals surface area contributed by atoms with Gasteiger partial charge in [-0.15, -0.1) is 11.6 Å². The third kappa shape index (κ3) is 6.97. The number of rotatable bonds is 9. The Hall–Kier alpha value is -2.15. The van der Waals surface area contributed by atoms with Gasteiger partial charge >= 0.3 is 0 Å². The lowest BCUT2D eigenvalue weighted by atomic mass is 10.1. The van der Waals surface area contributed by atoms with Crippen LogP contribution in [0.5, 0.6) is 5.75 Å². The number of halogens is 2. The van der Waals surface area contributed by atoms with E-state index in [0.29, 0.717) is 24.7 Å². The molecule has 0 aromatic heterocycles. The molecule has 162 valence electrons. The fraction of sp³-hybridized carbons (Fsp3) is 0.435. The van der Waals surface area contributed by atoms with E-state index in [0.717, 1.165) is 30.5 Å². The predicted molar refractivity (Wildman–Crippen MR) is 114 cm³/mol. The summed E-state index contributed by atoms with van der Waals surface area (Å²) in [4.78, 5) is 11.1. The van der Waals surface area contributed by atoms with Gasteiger partial charge in [-0.3, -0.25) is 4.79 Å². The lowest BCUT2D eigenvalue weighted by Crippen LogP contribution is -2.34. The molecule has 3 unspecified atom stereocenters. The van der Waals surface area contributed by atoms with Crippen LogP contribution in [0, 0.1) is 5.82 Å². The van der Waals surface area contributed by atoms with Gasteiger partial charge in [-0.2, -0.15) is 0 Å². The Morgan fingerprint density at radius 1 is 1.20 bits per heavy atom. The third-order valence-corrected chi connectivity index (χ3v) is 5.07. The van der Waals surface area contributed by atoms with E-state index in [2.05, 4.69) is 5.32 Å². The molecule has 2 aromatic carbocycles. The number of benzene rings is 2. The first kappa shape index (κ1) is 22.5. The molecule has 1 aliphatic rings. The second-order valence-electron chi connectivity index (χ2n) is 7.29. The van der Waals surface area contributed by atoms with E-state index in [1.165, 1.54) is 19.1 Å². The van der Waals surface area contributed by atoms with Crippen molar-refractivity contribution in [1.82, 2.24) is 0 Å². The van der Waals surface area contributed by atoms with E-state index in [1.54, 1.807) is 24.3 Å². The second-order valence-corrected chi connectivity index (χ2v) is 7.67. The van der Waals surface area contributed by atoms with Crippen molar-refractivity contribution < 1.29 is 23.4 Å². The standard InChI is InChI=1S/C23H27ClFNO4/c1-16(27)26-19-9-11-20(12-10-19)28-15-21-3-2-4-23(29-21)30-22(13-14-24)17-5-7-18(25)8-6-17/h5-12,21-23H,2-4,13-15H2,1H3,(H,26,27). The van der Waals surface area contributed by atoms with Crippen LogP contribution in [0.25, 0.3) is 0 Å². The third-order valence-electron chi connectivity index (χ3n) is 4.85. The summed E-state index contributed by atoms with van der Waals surface area (Å²) in [7, 11) is 0. The average molecular weight is 436 g/mol. The summed E-state index contributed by atoms with van der Waals surface area (Å²) in [5.41, 5.74) is 1.61. The number of nitrogens with one attached hydrogen (secondary N) is 1. The molecule has 0 saturated carbocycles. The van der Waals surface area contributed by atoms with E-state index >= 15 is 0 Å². The summed E-state index contributed by atoms with van der Waals surface area (Å²) in [6.45, 7) is 1.88. The molecule has 1 fully saturated rings. The van der Waals surface area contributed by atoms with E-state index < -0.39 is 0 Å². The number of hydrogen-bond acceptors (Lipinski definition) is 4. The molecular formula is C23H27ClFNO4. The van der Waals surface area contributed by atoms with Crippen LogP contribution in [-0.2, 0) is 14.3 Å². The summed E-state index contributed by atoms with van der Waals surface area (Å²) >= 11 is 5.94. The van der Waals surface area contributed by atoms with Crippen LogP contribution in [-0.4, -0.2) is 30.8 Å². The summed E-state index contributed by atoms with van der Waals surface area (Å²) in [5, 5.41) is 2.72. The van der Waals surface area contributed by atoms with Gasteiger partial charge in [0.2, 0.25) is 5.91 Å². The Balaban J connectivity index is 1.51. The number of hydrogen-bond donors (Lipinski definition) is 1. The maximum Gasteiger partial charge on any atom is 0.221 e. The minimum absolute atomic E-state index is 0.0800. The monoisotopic (exact) mass is 435 g/mol. The fourth-order valence-electron chi connectivity index (χ4n) is 3.39. The highest BCUT2D eigenvalue weighted by Crippen LogP contribution is 2.29. The number of amides is 1. The van der Waals surface area contributed by atoms with Crippen LogP contribution < -0.4 is 10.1 Å². The molecule has 0 bridgehead atoms. The Labute approximate surface area is 181 Å². The normalized spacial score (nSPS) is 19.8. The number of carbonyl (C=O) groups excluding carboxylic acids is 1. The summed E-state index contributed by atoms with van der Waals surface area (Å²) in [5.74, 6) is 0.760. The van der Waals surface area contributed by atoms with E-state index in [-0.39, 0.29) is 30.2 Å². The Morgan fingerprint density at radius 3 is 2.60 bits per heavy atom. The molecule has 1 saturated heterocycles.